The molecule has 0 radical (unpaired) electrons. The summed E-state index contributed by atoms with van der Waals surface area (Å²) in [5.41, 5.74) is 5.60. The summed E-state index contributed by atoms with van der Waals surface area (Å²) in [4.78, 5) is 0. The zero-order valence-electron chi connectivity index (χ0n) is 15.1. The molecule has 3 rings (SSSR count). The second-order valence-electron chi connectivity index (χ2n) is 8.56. The van der Waals surface area contributed by atoms with E-state index in [0.717, 1.165) is 5.54 Å². The molecule has 0 saturated carbocycles. The van der Waals surface area contributed by atoms with Crippen LogP contribution in [0.1, 0.15) is 38.3 Å². The van der Waals surface area contributed by atoms with E-state index >= 15 is 0 Å². The Morgan fingerprint density at radius 2 is 1.26 bits per heavy atom. The fourth-order valence-electron chi connectivity index (χ4n) is 4.04. The third-order valence-electron chi connectivity index (χ3n) is 5.10. The highest BCUT2D eigenvalue weighted by Gasteiger charge is 2.50. The molecule has 1 aliphatic rings. The van der Waals surface area contributed by atoms with Crippen molar-refractivity contribution in [2.45, 2.75) is 45.8 Å². The van der Waals surface area contributed by atoms with Crippen LogP contribution >= 0.6 is 0 Å². The van der Waals surface area contributed by atoms with Crippen LogP contribution in [0.4, 0.5) is 0 Å². The molecule has 23 heavy (non-hydrogen) atoms. The summed E-state index contributed by atoms with van der Waals surface area (Å²) in [6.45, 7) is 12.2. The second kappa shape index (κ2) is 5.79. The quantitative estimate of drug-likeness (QED) is 0.554. The first-order valence-electron chi connectivity index (χ1n) is 8.66. The molecule has 0 nitrogen and oxygen atoms in total. The number of benzene rings is 2. The standard InChI is InChI=1S/C22H28Si/c1-22(2,3)16-19-20(17-12-8-6-9-13-17)21(23(19,4)5)18-14-10-7-11-15-18/h6-15,19H,16H2,1-5H3. The third-order valence-corrected chi connectivity index (χ3v) is 9.18. The van der Waals surface area contributed by atoms with Crippen molar-refractivity contribution in [3.05, 3.63) is 71.8 Å². The van der Waals surface area contributed by atoms with Crippen molar-refractivity contribution in [3.8, 4) is 0 Å². The van der Waals surface area contributed by atoms with Gasteiger partial charge in [-0.15, -0.1) is 0 Å². The molecule has 1 heterocycles. The van der Waals surface area contributed by atoms with E-state index in [1.165, 1.54) is 17.5 Å². The van der Waals surface area contributed by atoms with Gasteiger partial charge in [0, 0.05) is 0 Å². The minimum Gasteiger partial charge on any atom is -0.0650 e. The maximum Gasteiger partial charge on any atom is 0.0891 e. The Kier molecular flexibility index (Phi) is 4.10. The van der Waals surface area contributed by atoms with Crippen LogP contribution in [-0.2, 0) is 0 Å². The minimum atomic E-state index is -1.43. The van der Waals surface area contributed by atoms with Gasteiger partial charge in [0.25, 0.3) is 0 Å². The van der Waals surface area contributed by atoms with Gasteiger partial charge in [-0.2, -0.15) is 0 Å². The van der Waals surface area contributed by atoms with Crippen molar-refractivity contribution in [2.75, 3.05) is 0 Å². The molecular formula is C22H28Si. The minimum absolute atomic E-state index is 0.372. The molecule has 1 atom stereocenters. The second-order valence-corrected chi connectivity index (χ2v) is 13.2. The fourth-order valence-corrected chi connectivity index (χ4v) is 8.24. The van der Waals surface area contributed by atoms with Gasteiger partial charge in [-0.05, 0) is 39.3 Å². The summed E-state index contributed by atoms with van der Waals surface area (Å²) < 4.78 is 0. The van der Waals surface area contributed by atoms with Gasteiger partial charge in [0.2, 0.25) is 0 Å². The molecule has 2 aromatic rings. The smallest absolute Gasteiger partial charge is 0.0650 e. The van der Waals surface area contributed by atoms with Gasteiger partial charge < -0.3 is 0 Å². The van der Waals surface area contributed by atoms with Crippen LogP contribution in [0.5, 0.6) is 0 Å². The molecule has 0 amide bonds. The molecule has 0 bridgehead atoms. The number of rotatable bonds is 3. The van der Waals surface area contributed by atoms with Crippen molar-refractivity contribution in [3.63, 3.8) is 0 Å². The van der Waals surface area contributed by atoms with Crippen molar-refractivity contribution in [1.29, 1.82) is 0 Å². The van der Waals surface area contributed by atoms with E-state index in [2.05, 4.69) is 94.5 Å². The lowest BCUT2D eigenvalue weighted by Crippen LogP contribution is -2.45. The van der Waals surface area contributed by atoms with E-state index in [9.17, 15) is 0 Å². The average molecular weight is 321 g/mol. The van der Waals surface area contributed by atoms with E-state index in [1.54, 1.807) is 10.8 Å². The predicted molar refractivity (Wildman–Crippen MR) is 105 cm³/mol. The number of hydrogen-bond acceptors (Lipinski definition) is 0. The lowest BCUT2D eigenvalue weighted by atomic mass is 9.85. The van der Waals surface area contributed by atoms with E-state index in [0.29, 0.717) is 5.41 Å². The highest BCUT2D eigenvalue weighted by molar-refractivity contribution is 7.03. The molecule has 120 valence electrons. The van der Waals surface area contributed by atoms with Crippen molar-refractivity contribution >= 4 is 18.8 Å². The summed E-state index contributed by atoms with van der Waals surface area (Å²) >= 11 is 0. The summed E-state index contributed by atoms with van der Waals surface area (Å²) in [6.07, 6.45) is 1.28. The summed E-state index contributed by atoms with van der Waals surface area (Å²) in [5.74, 6) is 0. The van der Waals surface area contributed by atoms with E-state index in [4.69, 9.17) is 0 Å². The molecular weight excluding hydrogens is 292 g/mol. The Labute approximate surface area is 142 Å². The zero-order chi connectivity index (χ0) is 16.7. The monoisotopic (exact) mass is 320 g/mol. The first-order chi connectivity index (χ1) is 10.8. The Morgan fingerprint density at radius 3 is 1.74 bits per heavy atom. The van der Waals surface area contributed by atoms with Crippen LogP contribution < -0.4 is 0 Å². The average Bonchev–Trinajstić information content (AvgIpc) is 2.51. The van der Waals surface area contributed by atoms with Crippen LogP contribution in [0, 0.1) is 5.41 Å². The van der Waals surface area contributed by atoms with Crippen LogP contribution in [0.2, 0.25) is 18.6 Å². The largest absolute Gasteiger partial charge is 0.0891 e. The molecule has 0 fully saturated rings. The molecule has 1 aliphatic heterocycles. The molecule has 1 unspecified atom stereocenters. The predicted octanol–water partition coefficient (Wildman–Crippen LogP) is 6.67. The normalized spacial score (nSPS) is 20.3. The van der Waals surface area contributed by atoms with Crippen LogP contribution in [0.3, 0.4) is 0 Å². The van der Waals surface area contributed by atoms with Gasteiger partial charge in [-0.1, -0.05) is 94.5 Å². The molecule has 2 aromatic carbocycles. The molecule has 0 N–H and O–H groups in total. The maximum absolute atomic E-state index is 2.55. The molecule has 0 aromatic heterocycles. The van der Waals surface area contributed by atoms with Crippen LogP contribution in [0.15, 0.2) is 60.7 Å². The Morgan fingerprint density at radius 1 is 0.783 bits per heavy atom. The van der Waals surface area contributed by atoms with Gasteiger partial charge in [-0.3, -0.25) is 0 Å². The van der Waals surface area contributed by atoms with E-state index in [1.807, 2.05) is 0 Å². The van der Waals surface area contributed by atoms with Crippen molar-refractivity contribution < 1.29 is 0 Å². The first-order valence-corrected chi connectivity index (χ1v) is 11.7. The highest BCUT2D eigenvalue weighted by Crippen LogP contribution is 2.60. The lowest BCUT2D eigenvalue weighted by Gasteiger charge is -2.50. The SMILES string of the molecule is CC(C)(C)CC1C(c2ccccc2)=C(c2ccccc2)[Si]1(C)C. The van der Waals surface area contributed by atoms with Gasteiger partial charge in [-0.25, -0.2) is 0 Å². The Hall–Kier alpha value is -1.60. The summed E-state index contributed by atoms with van der Waals surface area (Å²) in [6, 6.07) is 22.1. The Bertz CT molecular complexity index is 703. The number of allylic oxidation sites excluding steroid dienone is 1. The van der Waals surface area contributed by atoms with E-state index in [-0.39, 0.29) is 0 Å². The van der Waals surface area contributed by atoms with Crippen molar-refractivity contribution in [2.24, 2.45) is 5.41 Å². The summed E-state index contributed by atoms with van der Waals surface area (Å²) in [7, 11) is -1.43. The van der Waals surface area contributed by atoms with Crippen LogP contribution in [0.25, 0.3) is 10.8 Å². The molecule has 0 aliphatic carbocycles. The van der Waals surface area contributed by atoms with Gasteiger partial charge >= 0.3 is 0 Å². The van der Waals surface area contributed by atoms with Crippen LogP contribution in [-0.4, -0.2) is 8.07 Å². The fraction of sp³-hybridized carbons (Fsp3) is 0.364. The molecule has 1 heteroatoms. The Balaban J connectivity index is 2.15. The molecule has 0 spiro atoms. The van der Waals surface area contributed by atoms with E-state index < -0.39 is 8.07 Å². The maximum atomic E-state index is 2.55. The van der Waals surface area contributed by atoms with Gasteiger partial charge in [0.1, 0.15) is 0 Å². The topological polar surface area (TPSA) is 0 Å². The van der Waals surface area contributed by atoms with Gasteiger partial charge in [0.15, 0.2) is 0 Å². The lowest BCUT2D eigenvalue weighted by molar-refractivity contribution is 0.380. The number of hydrogen-bond donors (Lipinski definition) is 0. The van der Waals surface area contributed by atoms with Crippen molar-refractivity contribution in [1.82, 2.24) is 0 Å². The summed E-state index contributed by atoms with van der Waals surface area (Å²) in [5, 5.41) is 1.67. The zero-order valence-corrected chi connectivity index (χ0v) is 16.1. The van der Waals surface area contributed by atoms with Gasteiger partial charge in [0.05, 0.1) is 8.07 Å². The highest BCUT2D eigenvalue weighted by atomic mass is 28.3. The molecule has 0 saturated heterocycles. The third kappa shape index (κ3) is 3.07. The first kappa shape index (κ1) is 16.3.